The van der Waals surface area contributed by atoms with Crippen molar-refractivity contribution in [3.8, 4) is 5.75 Å². The van der Waals surface area contributed by atoms with E-state index in [9.17, 15) is 9.59 Å². The Morgan fingerprint density at radius 2 is 1.66 bits per heavy atom. The van der Waals surface area contributed by atoms with E-state index >= 15 is 0 Å². The number of rotatable bonds is 11. The van der Waals surface area contributed by atoms with E-state index < -0.39 is 6.04 Å². The number of carbonyl (C=O) groups is 2. The molecule has 3 aromatic rings. The molecule has 0 aliphatic rings. The normalized spacial score (nSPS) is 11.5. The van der Waals surface area contributed by atoms with Crippen molar-refractivity contribution in [2.45, 2.75) is 38.8 Å². The number of nitrogens with zero attached hydrogens (tertiary/aromatic N) is 1. The second-order valence-electron chi connectivity index (χ2n) is 8.29. The number of nitrogens with one attached hydrogen (secondary N) is 1. The SMILES string of the molecule is CCCNC(=O)[C@H](Cc1ccccc1)N(Cc1cccc(OC)c1)C(=O)Cc1ccc(Cl)c(Cl)c1. The monoisotopic (exact) mass is 512 g/mol. The van der Waals surface area contributed by atoms with Crippen LogP contribution in [0.3, 0.4) is 0 Å². The van der Waals surface area contributed by atoms with Gasteiger partial charge in [-0.3, -0.25) is 9.59 Å². The Labute approximate surface area is 217 Å². The van der Waals surface area contributed by atoms with Gasteiger partial charge in [0, 0.05) is 19.5 Å². The molecule has 0 aromatic heterocycles. The summed E-state index contributed by atoms with van der Waals surface area (Å²) in [6, 6.07) is 21.7. The second kappa shape index (κ2) is 13.2. The highest BCUT2D eigenvalue weighted by molar-refractivity contribution is 6.42. The third kappa shape index (κ3) is 7.74. The van der Waals surface area contributed by atoms with Crippen molar-refractivity contribution in [1.82, 2.24) is 10.2 Å². The molecule has 0 saturated heterocycles. The van der Waals surface area contributed by atoms with Gasteiger partial charge < -0.3 is 15.0 Å². The summed E-state index contributed by atoms with van der Waals surface area (Å²) in [4.78, 5) is 28.7. The maximum absolute atomic E-state index is 13.7. The highest BCUT2D eigenvalue weighted by atomic mass is 35.5. The quantitative estimate of drug-likeness (QED) is 0.357. The van der Waals surface area contributed by atoms with Crippen molar-refractivity contribution in [3.63, 3.8) is 0 Å². The number of methoxy groups -OCH3 is 1. The van der Waals surface area contributed by atoms with Crippen LogP contribution in [0.2, 0.25) is 10.0 Å². The molecule has 0 radical (unpaired) electrons. The number of amides is 2. The summed E-state index contributed by atoms with van der Waals surface area (Å²) in [6.07, 6.45) is 1.29. The Morgan fingerprint density at radius 1 is 0.914 bits per heavy atom. The first kappa shape index (κ1) is 26.6. The molecule has 0 aliphatic carbocycles. The van der Waals surface area contributed by atoms with Crippen molar-refractivity contribution >= 4 is 35.0 Å². The van der Waals surface area contributed by atoms with E-state index in [4.69, 9.17) is 27.9 Å². The summed E-state index contributed by atoms with van der Waals surface area (Å²) >= 11 is 12.2. The van der Waals surface area contributed by atoms with E-state index in [2.05, 4.69) is 5.32 Å². The summed E-state index contributed by atoms with van der Waals surface area (Å²) < 4.78 is 5.36. The van der Waals surface area contributed by atoms with Gasteiger partial charge in [0.2, 0.25) is 11.8 Å². The lowest BCUT2D eigenvalue weighted by atomic mass is 10.0. The highest BCUT2D eigenvalue weighted by Gasteiger charge is 2.30. The number of halogens is 2. The minimum atomic E-state index is -0.689. The summed E-state index contributed by atoms with van der Waals surface area (Å²) in [6.45, 7) is 2.79. The molecule has 0 spiro atoms. The van der Waals surface area contributed by atoms with E-state index in [1.165, 1.54) is 0 Å². The third-order valence-corrected chi connectivity index (χ3v) is 6.39. The third-order valence-electron chi connectivity index (χ3n) is 5.65. The first-order valence-electron chi connectivity index (χ1n) is 11.6. The van der Waals surface area contributed by atoms with Crippen LogP contribution >= 0.6 is 23.2 Å². The Kier molecular flexibility index (Phi) is 10.0. The van der Waals surface area contributed by atoms with Crippen molar-refractivity contribution in [1.29, 1.82) is 0 Å². The van der Waals surface area contributed by atoms with Gasteiger partial charge in [-0.25, -0.2) is 0 Å². The van der Waals surface area contributed by atoms with Gasteiger partial charge in [0.05, 0.1) is 23.6 Å². The number of hydrogen-bond acceptors (Lipinski definition) is 3. The molecule has 3 aromatic carbocycles. The van der Waals surface area contributed by atoms with E-state index in [0.29, 0.717) is 28.8 Å². The molecule has 0 aliphatic heterocycles. The smallest absolute Gasteiger partial charge is 0.243 e. The van der Waals surface area contributed by atoms with Crippen molar-refractivity contribution in [2.75, 3.05) is 13.7 Å². The Morgan fingerprint density at radius 3 is 2.34 bits per heavy atom. The topological polar surface area (TPSA) is 58.6 Å². The number of carbonyl (C=O) groups excluding carboxylic acids is 2. The largest absolute Gasteiger partial charge is 0.497 e. The molecule has 7 heteroatoms. The summed E-state index contributed by atoms with van der Waals surface area (Å²) in [5.41, 5.74) is 2.57. The molecule has 35 heavy (non-hydrogen) atoms. The van der Waals surface area contributed by atoms with Gasteiger partial charge >= 0.3 is 0 Å². The van der Waals surface area contributed by atoms with Gasteiger partial charge in [-0.15, -0.1) is 0 Å². The van der Waals surface area contributed by atoms with E-state index in [1.807, 2.05) is 61.5 Å². The number of hydrogen-bond donors (Lipinski definition) is 1. The van der Waals surface area contributed by atoms with Crippen LogP contribution in [-0.2, 0) is 29.0 Å². The highest BCUT2D eigenvalue weighted by Crippen LogP contribution is 2.24. The lowest BCUT2D eigenvalue weighted by molar-refractivity contribution is -0.140. The van der Waals surface area contributed by atoms with E-state index in [0.717, 1.165) is 23.1 Å². The first-order valence-corrected chi connectivity index (χ1v) is 12.3. The van der Waals surface area contributed by atoms with E-state index in [-0.39, 0.29) is 24.8 Å². The van der Waals surface area contributed by atoms with Crippen LogP contribution in [0.15, 0.2) is 72.8 Å². The fourth-order valence-electron chi connectivity index (χ4n) is 3.81. The van der Waals surface area contributed by atoms with E-state index in [1.54, 1.807) is 30.2 Å². The average Bonchev–Trinajstić information content (AvgIpc) is 2.87. The zero-order valence-corrected chi connectivity index (χ0v) is 21.5. The fraction of sp³-hybridized carbons (Fsp3) is 0.286. The Bertz CT molecular complexity index is 1140. The molecular weight excluding hydrogens is 483 g/mol. The second-order valence-corrected chi connectivity index (χ2v) is 9.11. The summed E-state index contributed by atoms with van der Waals surface area (Å²) in [5, 5.41) is 3.80. The van der Waals surface area contributed by atoms with Crippen LogP contribution < -0.4 is 10.1 Å². The molecule has 1 N–H and O–H groups in total. The minimum Gasteiger partial charge on any atom is -0.497 e. The predicted molar refractivity (Wildman–Crippen MR) is 141 cm³/mol. The molecule has 3 rings (SSSR count). The molecule has 0 unspecified atom stereocenters. The summed E-state index contributed by atoms with van der Waals surface area (Å²) in [5.74, 6) is 0.328. The van der Waals surface area contributed by atoms with Crippen LogP contribution in [0.1, 0.15) is 30.0 Å². The van der Waals surface area contributed by atoms with Crippen molar-refractivity contribution < 1.29 is 14.3 Å². The van der Waals surface area contributed by atoms with Crippen LogP contribution in [0.25, 0.3) is 0 Å². The Hall–Kier alpha value is -3.02. The van der Waals surface area contributed by atoms with Crippen LogP contribution in [0.4, 0.5) is 0 Å². The standard InChI is InChI=1S/C28H30Cl2N2O3/c1-3-14-31-28(34)26(17-20-8-5-4-6-9-20)32(19-22-10-7-11-23(15-22)35-2)27(33)18-21-12-13-24(29)25(30)16-21/h4-13,15-16,26H,3,14,17-19H2,1-2H3,(H,31,34)/t26-/m0/s1. The molecule has 0 fully saturated rings. The zero-order chi connectivity index (χ0) is 25.2. The fourth-order valence-corrected chi connectivity index (χ4v) is 4.13. The van der Waals surface area contributed by atoms with Crippen LogP contribution in [-0.4, -0.2) is 36.4 Å². The molecule has 0 saturated carbocycles. The van der Waals surface area contributed by atoms with Gasteiger partial charge in [-0.1, -0.05) is 78.7 Å². The number of ether oxygens (including phenoxy) is 1. The first-order chi connectivity index (χ1) is 16.9. The van der Waals surface area contributed by atoms with Gasteiger partial charge in [-0.05, 0) is 47.4 Å². The lowest BCUT2D eigenvalue weighted by Gasteiger charge is -2.32. The Balaban J connectivity index is 1.97. The predicted octanol–water partition coefficient (Wildman–Crippen LogP) is 5.71. The summed E-state index contributed by atoms with van der Waals surface area (Å²) in [7, 11) is 1.60. The van der Waals surface area contributed by atoms with Gasteiger partial charge in [0.15, 0.2) is 0 Å². The molecular formula is C28H30Cl2N2O3. The van der Waals surface area contributed by atoms with Gasteiger partial charge in [-0.2, -0.15) is 0 Å². The maximum atomic E-state index is 13.7. The van der Waals surface area contributed by atoms with Crippen molar-refractivity contribution in [3.05, 3.63) is 99.5 Å². The minimum absolute atomic E-state index is 0.0905. The van der Waals surface area contributed by atoms with Crippen LogP contribution in [0.5, 0.6) is 5.75 Å². The average molecular weight is 513 g/mol. The molecule has 5 nitrogen and oxygen atoms in total. The molecule has 0 bridgehead atoms. The van der Waals surface area contributed by atoms with Crippen molar-refractivity contribution in [2.24, 2.45) is 0 Å². The molecule has 1 atom stereocenters. The van der Waals surface area contributed by atoms with Crippen LogP contribution in [0, 0.1) is 0 Å². The molecule has 0 heterocycles. The molecule has 184 valence electrons. The van der Waals surface area contributed by atoms with Gasteiger partial charge in [0.25, 0.3) is 0 Å². The number of benzene rings is 3. The van der Waals surface area contributed by atoms with Gasteiger partial charge in [0.1, 0.15) is 11.8 Å². The molecule has 2 amide bonds. The maximum Gasteiger partial charge on any atom is 0.243 e. The zero-order valence-electron chi connectivity index (χ0n) is 20.0. The lowest BCUT2D eigenvalue weighted by Crippen LogP contribution is -2.51.